The van der Waals surface area contributed by atoms with Gasteiger partial charge in [-0.25, -0.2) is 5.43 Å². The summed E-state index contributed by atoms with van der Waals surface area (Å²) in [5.41, 5.74) is 7.26. The molecule has 98 valence electrons. The molecule has 10 heteroatoms. The van der Waals surface area contributed by atoms with E-state index in [1.807, 2.05) is 0 Å². The summed E-state index contributed by atoms with van der Waals surface area (Å²) >= 11 is 11.5. The third kappa shape index (κ3) is 4.02. The van der Waals surface area contributed by atoms with Crippen molar-refractivity contribution in [2.75, 3.05) is 0 Å². The zero-order valence-corrected chi connectivity index (χ0v) is 11.0. The fourth-order valence-corrected chi connectivity index (χ4v) is 1.42. The fourth-order valence-electron chi connectivity index (χ4n) is 0.966. The molecule has 1 rings (SSSR count). The van der Waals surface area contributed by atoms with Crippen LogP contribution in [0, 0.1) is 15.5 Å². The van der Waals surface area contributed by atoms with Gasteiger partial charge in [-0.05, 0) is 6.07 Å². The van der Waals surface area contributed by atoms with Gasteiger partial charge in [-0.15, -0.1) is 12.4 Å². The Bertz CT molecular complexity index is 506. The first-order valence-corrected chi connectivity index (χ1v) is 4.94. The molecule has 1 aromatic carbocycles. The summed E-state index contributed by atoms with van der Waals surface area (Å²) in [6.07, 6.45) is 1.25. The predicted molar refractivity (Wildman–Crippen MR) is 73.0 cm³/mol. The van der Waals surface area contributed by atoms with Crippen LogP contribution < -0.4 is 11.2 Å². The number of hydrazone groups is 1. The minimum atomic E-state index is -0.636. The second-order valence-electron chi connectivity index (χ2n) is 2.84. The van der Waals surface area contributed by atoms with Crippen LogP contribution >= 0.6 is 35.6 Å². The highest BCUT2D eigenvalue weighted by Crippen LogP contribution is 2.33. The molecule has 4 N–H and O–H groups in total. The molecular weight excluding hydrogens is 304 g/mol. The lowest BCUT2D eigenvalue weighted by Gasteiger charge is -2.01. The molecule has 0 amide bonds. The van der Waals surface area contributed by atoms with E-state index in [4.69, 9.17) is 34.3 Å². The summed E-state index contributed by atoms with van der Waals surface area (Å²) in [4.78, 5) is 9.92. The second kappa shape index (κ2) is 7.00. The molecule has 1 aromatic rings. The van der Waals surface area contributed by atoms with Gasteiger partial charge in [-0.1, -0.05) is 23.2 Å². The highest BCUT2D eigenvalue weighted by Gasteiger charge is 2.17. The lowest BCUT2D eigenvalue weighted by atomic mass is 10.2. The molecule has 0 fully saturated rings. The van der Waals surface area contributed by atoms with Crippen molar-refractivity contribution in [3.63, 3.8) is 0 Å². The van der Waals surface area contributed by atoms with E-state index in [0.29, 0.717) is 5.56 Å². The average Bonchev–Trinajstić information content (AvgIpc) is 2.23. The molecule has 0 saturated carbocycles. The fraction of sp³-hybridized carbons (Fsp3) is 0. The van der Waals surface area contributed by atoms with Crippen molar-refractivity contribution in [2.24, 2.45) is 10.8 Å². The number of nitrogens with one attached hydrogen (secondary N) is 2. The molecule has 0 atom stereocenters. The molecule has 0 saturated heterocycles. The number of hydrogen-bond donors (Lipinski definition) is 3. The lowest BCUT2D eigenvalue weighted by molar-refractivity contribution is -0.384. The van der Waals surface area contributed by atoms with E-state index >= 15 is 0 Å². The number of benzene rings is 1. The van der Waals surface area contributed by atoms with Gasteiger partial charge in [-0.2, -0.15) is 5.10 Å². The van der Waals surface area contributed by atoms with Crippen molar-refractivity contribution < 1.29 is 4.92 Å². The van der Waals surface area contributed by atoms with Crippen LogP contribution in [0.15, 0.2) is 17.2 Å². The molecule has 7 nitrogen and oxygen atoms in total. The topological polar surface area (TPSA) is 117 Å². The first-order chi connectivity index (χ1) is 7.93. The number of nitrogens with zero attached hydrogens (tertiary/aromatic N) is 2. The number of nitrogens with two attached hydrogens (primary N) is 1. The lowest BCUT2D eigenvalue weighted by Crippen LogP contribution is -2.25. The first kappa shape index (κ1) is 16.4. The number of hydrogen-bond acceptors (Lipinski definition) is 4. The van der Waals surface area contributed by atoms with Crippen LogP contribution in [0.1, 0.15) is 5.56 Å². The van der Waals surface area contributed by atoms with Gasteiger partial charge in [0, 0.05) is 11.6 Å². The molecule has 0 radical (unpaired) electrons. The van der Waals surface area contributed by atoms with Crippen LogP contribution in [0.3, 0.4) is 0 Å². The highest BCUT2D eigenvalue weighted by atomic mass is 35.5. The van der Waals surface area contributed by atoms with Crippen LogP contribution in [-0.2, 0) is 0 Å². The monoisotopic (exact) mass is 311 g/mol. The van der Waals surface area contributed by atoms with E-state index in [9.17, 15) is 10.1 Å². The van der Waals surface area contributed by atoms with Crippen molar-refractivity contribution in [3.05, 3.63) is 37.9 Å². The Morgan fingerprint density at radius 2 is 2.11 bits per heavy atom. The van der Waals surface area contributed by atoms with Crippen LogP contribution in [0.5, 0.6) is 0 Å². The first-order valence-electron chi connectivity index (χ1n) is 4.19. The smallest absolute Gasteiger partial charge is 0.289 e. The molecule has 0 spiro atoms. The van der Waals surface area contributed by atoms with Gasteiger partial charge in [0.05, 0.1) is 16.2 Å². The molecule has 0 aliphatic heterocycles. The minimum absolute atomic E-state index is 0. The van der Waals surface area contributed by atoms with E-state index in [1.54, 1.807) is 0 Å². The summed E-state index contributed by atoms with van der Waals surface area (Å²) < 4.78 is 0. The Labute approximate surface area is 118 Å². The van der Waals surface area contributed by atoms with E-state index in [2.05, 4.69) is 10.5 Å². The third-order valence-electron chi connectivity index (χ3n) is 1.68. The van der Waals surface area contributed by atoms with Crippen molar-refractivity contribution in [2.45, 2.75) is 0 Å². The second-order valence-corrected chi connectivity index (χ2v) is 3.60. The molecule has 0 bridgehead atoms. The van der Waals surface area contributed by atoms with E-state index in [0.717, 1.165) is 0 Å². The minimum Gasteiger partial charge on any atom is -0.369 e. The number of rotatable bonds is 3. The summed E-state index contributed by atoms with van der Waals surface area (Å²) in [7, 11) is 0. The highest BCUT2D eigenvalue weighted by molar-refractivity contribution is 6.44. The van der Waals surface area contributed by atoms with Crippen molar-refractivity contribution >= 4 is 53.5 Å². The van der Waals surface area contributed by atoms with E-state index in [1.165, 1.54) is 18.3 Å². The number of guanidine groups is 1. The number of nitro groups is 1. The maximum atomic E-state index is 10.6. The van der Waals surface area contributed by atoms with Gasteiger partial charge in [0.2, 0.25) is 5.96 Å². The molecule has 0 aromatic heterocycles. The Hall–Kier alpha value is -1.57. The van der Waals surface area contributed by atoms with E-state index in [-0.39, 0.29) is 34.1 Å². The summed E-state index contributed by atoms with van der Waals surface area (Å²) in [5.74, 6) is -0.342. The quantitative estimate of drug-likeness (QED) is 0.343. The summed E-state index contributed by atoms with van der Waals surface area (Å²) in [6, 6.07) is 2.60. The van der Waals surface area contributed by atoms with Gasteiger partial charge in [0.25, 0.3) is 5.69 Å². The maximum absolute atomic E-state index is 10.6. The summed E-state index contributed by atoms with van der Waals surface area (Å²) in [6.45, 7) is 0. The number of halogens is 3. The predicted octanol–water partition coefficient (Wildman–Crippen LogP) is 2.14. The zero-order valence-electron chi connectivity index (χ0n) is 8.68. The van der Waals surface area contributed by atoms with Gasteiger partial charge in [0.1, 0.15) is 5.02 Å². The molecular formula is C8H8Cl3N5O2. The van der Waals surface area contributed by atoms with E-state index < -0.39 is 4.92 Å². The Morgan fingerprint density at radius 3 is 2.61 bits per heavy atom. The Kier molecular flexibility index (Phi) is 6.39. The molecule has 18 heavy (non-hydrogen) atoms. The van der Waals surface area contributed by atoms with Crippen molar-refractivity contribution in [1.82, 2.24) is 5.43 Å². The Morgan fingerprint density at radius 1 is 1.50 bits per heavy atom. The van der Waals surface area contributed by atoms with Gasteiger partial charge < -0.3 is 5.73 Å². The maximum Gasteiger partial charge on any atom is 0.289 e. The van der Waals surface area contributed by atoms with Crippen molar-refractivity contribution in [3.8, 4) is 0 Å². The third-order valence-corrected chi connectivity index (χ3v) is 2.56. The van der Waals surface area contributed by atoms with Crippen molar-refractivity contribution in [1.29, 1.82) is 5.41 Å². The van der Waals surface area contributed by atoms with Crippen LogP contribution in [0.25, 0.3) is 0 Å². The zero-order chi connectivity index (χ0) is 13.0. The van der Waals surface area contributed by atoms with Gasteiger partial charge in [-0.3, -0.25) is 15.5 Å². The van der Waals surface area contributed by atoms with Crippen LogP contribution in [0.2, 0.25) is 10.0 Å². The van der Waals surface area contributed by atoms with Crippen LogP contribution in [0.4, 0.5) is 5.69 Å². The SMILES string of the molecule is Cl.N=C(N)N/N=C/c1ccc([N+](=O)[O-])c(Cl)c1Cl. The molecule has 0 unspecified atom stereocenters. The normalized spacial score (nSPS) is 9.89. The number of nitro benzene ring substituents is 1. The van der Waals surface area contributed by atoms with Gasteiger partial charge >= 0.3 is 0 Å². The molecule has 0 heterocycles. The average molecular weight is 313 g/mol. The Balaban J connectivity index is 0.00000289. The largest absolute Gasteiger partial charge is 0.369 e. The van der Waals surface area contributed by atoms with Gasteiger partial charge in [0.15, 0.2) is 0 Å². The summed E-state index contributed by atoms with van der Waals surface area (Å²) in [5, 5.41) is 20.8. The van der Waals surface area contributed by atoms with Crippen LogP contribution in [-0.4, -0.2) is 17.1 Å². The molecule has 0 aliphatic carbocycles. The standard InChI is InChI=1S/C8H7Cl2N5O2.ClH/c9-6-4(3-13-14-8(11)12)1-2-5(7(6)10)15(16)17;/h1-3H,(H4,11,12,14);1H/b13-3+;. The molecule has 0 aliphatic rings.